The highest BCUT2D eigenvalue weighted by molar-refractivity contribution is 5.79. The number of rotatable bonds is 4. The smallest absolute Gasteiger partial charge is 0.327 e. The van der Waals surface area contributed by atoms with Crippen molar-refractivity contribution in [2.45, 2.75) is 26.3 Å². The van der Waals surface area contributed by atoms with Crippen molar-refractivity contribution >= 4 is 11.7 Å². The van der Waals surface area contributed by atoms with Crippen LogP contribution in [0.25, 0.3) is 0 Å². The van der Waals surface area contributed by atoms with Crippen LogP contribution in [0, 0.1) is 0 Å². The molecule has 0 amide bonds. The summed E-state index contributed by atoms with van der Waals surface area (Å²) in [6, 6.07) is 7.64. The van der Waals surface area contributed by atoms with E-state index in [4.69, 9.17) is 0 Å². The van der Waals surface area contributed by atoms with E-state index in [1.54, 1.807) is 6.92 Å². The fourth-order valence-electron chi connectivity index (χ4n) is 1.44. The molecule has 3 heteroatoms. The van der Waals surface area contributed by atoms with Crippen LogP contribution >= 0.6 is 0 Å². The van der Waals surface area contributed by atoms with Crippen LogP contribution in [0.4, 0.5) is 5.69 Å². The zero-order valence-electron chi connectivity index (χ0n) is 9.41. The molecular formula is C12H17NO2. The van der Waals surface area contributed by atoms with E-state index in [2.05, 4.69) is 17.0 Å². The molecule has 0 saturated heterocycles. The summed E-state index contributed by atoms with van der Waals surface area (Å²) >= 11 is 0. The highest BCUT2D eigenvalue weighted by atomic mass is 16.5. The summed E-state index contributed by atoms with van der Waals surface area (Å²) in [4.78, 5) is 11.2. The van der Waals surface area contributed by atoms with Crippen molar-refractivity contribution in [2.24, 2.45) is 0 Å². The predicted molar refractivity (Wildman–Crippen MR) is 60.9 cm³/mol. The number of esters is 1. The Morgan fingerprint density at radius 3 is 2.73 bits per heavy atom. The highest BCUT2D eigenvalue weighted by Gasteiger charge is 2.13. The summed E-state index contributed by atoms with van der Waals surface area (Å²) in [5.74, 6) is -0.249. The molecule has 0 spiro atoms. The van der Waals surface area contributed by atoms with Gasteiger partial charge in [-0.25, -0.2) is 4.79 Å². The average molecular weight is 207 g/mol. The first-order valence-electron chi connectivity index (χ1n) is 5.11. The lowest BCUT2D eigenvalue weighted by Crippen LogP contribution is -2.27. The zero-order valence-corrected chi connectivity index (χ0v) is 9.41. The maximum absolute atomic E-state index is 11.2. The lowest BCUT2D eigenvalue weighted by molar-refractivity contribution is -0.141. The van der Waals surface area contributed by atoms with Crippen LogP contribution in [0.1, 0.15) is 19.4 Å². The second kappa shape index (κ2) is 5.39. The van der Waals surface area contributed by atoms with Gasteiger partial charge in [-0.1, -0.05) is 25.1 Å². The predicted octanol–water partition coefficient (Wildman–Crippen LogP) is 2.22. The van der Waals surface area contributed by atoms with Crippen molar-refractivity contribution in [1.29, 1.82) is 0 Å². The van der Waals surface area contributed by atoms with E-state index in [0.717, 1.165) is 12.1 Å². The summed E-state index contributed by atoms with van der Waals surface area (Å²) in [7, 11) is 1.40. The van der Waals surface area contributed by atoms with Crippen molar-refractivity contribution in [2.75, 3.05) is 12.4 Å². The first-order valence-corrected chi connectivity index (χ1v) is 5.11. The second-order valence-corrected chi connectivity index (χ2v) is 3.40. The summed E-state index contributed by atoms with van der Waals surface area (Å²) in [6.45, 7) is 3.88. The number of benzene rings is 1. The molecule has 1 N–H and O–H groups in total. The Bertz CT molecular complexity index is 336. The third-order valence-corrected chi connectivity index (χ3v) is 2.33. The maximum atomic E-state index is 11.2. The van der Waals surface area contributed by atoms with Crippen molar-refractivity contribution in [3.63, 3.8) is 0 Å². The Balaban J connectivity index is 2.75. The normalized spacial score (nSPS) is 11.9. The van der Waals surface area contributed by atoms with Crippen LogP contribution in [0.15, 0.2) is 24.3 Å². The maximum Gasteiger partial charge on any atom is 0.327 e. The Morgan fingerprint density at radius 1 is 1.47 bits per heavy atom. The molecule has 15 heavy (non-hydrogen) atoms. The van der Waals surface area contributed by atoms with Gasteiger partial charge in [-0.05, 0) is 25.0 Å². The van der Waals surface area contributed by atoms with Gasteiger partial charge >= 0.3 is 5.97 Å². The molecule has 3 nitrogen and oxygen atoms in total. The largest absolute Gasteiger partial charge is 0.467 e. The van der Waals surface area contributed by atoms with E-state index in [-0.39, 0.29) is 12.0 Å². The third kappa shape index (κ3) is 2.98. The quantitative estimate of drug-likeness (QED) is 0.769. The average Bonchev–Trinajstić information content (AvgIpc) is 2.28. The van der Waals surface area contributed by atoms with Crippen LogP contribution in [0.3, 0.4) is 0 Å². The molecule has 0 radical (unpaired) electrons. The van der Waals surface area contributed by atoms with E-state index in [1.807, 2.05) is 24.3 Å². The zero-order chi connectivity index (χ0) is 11.3. The first kappa shape index (κ1) is 11.6. The number of nitrogens with one attached hydrogen (secondary N) is 1. The SMILES string of the molecule is CCc1ccccc1NC(C)C(=O)OC. The van der Waals surface area contributed by atoms with Gasteiger partial charge in [0.1, 0.15) is 6.04 Å². The minimum absolute atomic E-state index is 0.249. The van der Waals surface area contributed by atoms with Crippen LogP contribution < -0.4 is 5.32 Å². The molecule has 1 aromatic rings. The van der Waals surface area contributed by atoms with Gasteiger partial charge in [-0.15, -0.1) is 0 Å². The molecule has 0 fully saturated rings. The molecule has 1 atom stereocenters. The summed E-state index contributed by atoms with van der Waals surface area (Å²) < 4.78 is 4.66. The highest BCUT2D eigenvalue weighted by Crippen LogP contribution is 2.16. The van der Waals surface area contributed by atoms with Gasteiger partial charge in [0.2, 0.25) is 0 Å². The molecule has 82 valence electrons. The molecule has 0 bridgehead atoms. The Labute approximate surface area is 90.4 Å². The summed E-state index contributed by atoms with van der Waals surface area (Å²) in [5, 5.41) is 3.14. The Kier molecular flexibility index (Phi) is 4.16. The van der Waals surface area contributed by atoms with Gasteiger partial charge in [0, 0.05) is 5.69 Å². The summed E-state index contributed by atoms with van der Waals surface area (Å²) in [5.41, 5.74) is 2.20. The van der Waals surface area contributed by atoms with E-state index < -0.39 is 0 Å². The molecule has 1 unspecified atom stereocenters. The topological polar surface area (TPSA) is 38.3 Å². The van der Waals surface area contributed by atoms with Crippen LogP contribution in [-0.4, -0.2) is 19.1 Å². The number of carbonyl (C=O) groups is 1. The minimum atomic E-state index is -0.317. The molecule has 1 aromatic carbocycles. The van der Waals surface area contributed by atoms with Gasteiger partial charge < -0.3 is 10.1 Å². The number of ether oxygens (including phenoxy) is 1. The number of anilines is 1. The number of aryl methyl sites for hydroxylation is 1. The van der Waals surface area contributed by atoms with Crippen molar-refractivity contribution in [3.8, 4) is 0 Å². The number of hydrogen-bond acceptors (Lipinski definition) is 3. The van der Waals surface area contributed by atoms with Gasteiger partial charge in [0.25, 0.3) is 0 Å². The van der Waals surface area contributed by atoms with Crippen LogP contribution in [0.2, 0.25) is 0 Å². The molecule has 0 aliphatic carbocycles. The molecular weight excluding hydrogens is 190 g/mol. The lowest BCUT2D eigenvalue weighted by atomic mass is 10.1. The minimum Gasteiger partial charge on any atom is -0.467 e. The fraction of sp³-hybridized carbons (Fsp3) is 0.417. The van der Waals surface area contributed by atoms with Crippen molar-refractivity contribution in [3.05, 3.63) is 29.8 Å². The fourth-order valence-corrected chi connectivity index (χ4v) is 1.44. The molecule has 0 aliphatic heterocycles. The standard InChI is InChI=1S/C12H17NO2/c1-4-10-7-5-6-8-11(10)13-9(2)12(14)15-3/h5-9,13H,4H2,1-3H3. The van der Waals surface area contributed by atoms with E-state index >= 15 is 0 Å². The number of para-hydroxylation sites is 1. The van der Waals surface area contributed by atoms with E-state index in [1.165, 1.54) is 12.7 Å². The Morgan fingerprint density at radius 2 is 2.13 bits per heavy atom. The third-order valence-electron chi connectivity index (χ3n) is 2.33. The van der Waals surface area contributed by atoms with E-state index in [0.29, 0.717) is 0 Å². The summed E-state index contributed by atoms with van der Waals surface area (Å²) in [6.07, 6.45) is 0.942. The van der Waals surface area contributed by atoms with Crippen molar-refractivity contribution < 1.29 is 9.53 Å². The van der Waals surface area contributed by atoms with Gasteiger partial charge in [-0.2, -0.15) is 0 Å². The molecule has 0 aromatic heterocycles. The number of carbonyl (C=O) groups excluding carboxylic acids is 1. The lowest BCUT2D eigenvalue weighted by Gasteiger charge is -2.15. The first-order chi connectivity index (χ1) is 7.19. The van der Waals surface area contributed by atoms with E-state index in [9.17, 15) is 4.79 Å². The van der Waals surface area contributed by atoms with Gasteiger partial charge in [0.15, 0.2) is 0 Å². The molecule has 0 saturated carbocycles. The number of hydrogen-bond donors (Lipinski definition) is 1. The number of methoxy groups -OCH3 is 1. The van der Waals surface area contributed by atoms with Crippen LogP contribution in [0.5, 0.6) is 0 Å². The van der Waals surface area contributed by atoms with Gasteiger partial charge in [-0.3, -0.25) is 0 Å². The van der Waals surface area contributed by atoms with Crippen molar-refractivity contribution in [1.82, 2.24) is 0 Å². The Hall–Kier alpha value is -1.51. The monoisotopic (exact) mass is 207 g/mol. The second-order valence-electron chi connectivity index (χ2n) is 3.40. The molecule has 1 rings (SSSR count). The van der Waals surface area contributed by atoms with Crippen LogP contribution in [-0.2, 0) is 16.0 Å². The van der Waals surface area contributed by atoms with Gasteiger partial charge in [0.05, 0.1) is 7.11 Å². The molecule has 0 aliphatic rings. The molecule has 0 heterocycles.